The molecule has 5 rings (SSSR count). The Hall–Kier alpha value is -3.16. The first kappa shape index (κ1) is 22.0. The maximum absolute atomic E-state index is 13.5. The Morgan fingerprint density at radius 1 is 1.19 bits per heavy atom. The van der Waals surface area contributed by atoms with Crippen LogP contribution in [-0.4, -0.2) is 21.1 Å². The maximum atomic E-state index is 13.5. The number of nitrogens with one attached hydrogen (secondary N) is 1. The highest BCUT2D eigenvalue weighted by atomic mass is 19.4. The van der Waals surface area contributed by atoms with Gasteiger partial charge in [0, 0.05) is 11.3 Å². The molecule has 0 unspecified atom stereocenters. The minimum Gasteiger partial charge on any atom is -0.304 e. The third-order valence-electron chi connectivity index (χ3n) is 6.17. The Morgan fingerprint density at radius 3 is 2.53 bits per heavy atom. The van der Waals surface area contributed by atoms with Gasteiger partial charge in [0.15, 0.2) is 0 Å². The number of carbonyl (C=O) groups excluding carboxylic acids is 1. The predicted octanol–water partition coefficient (Wildman–Crippen LogP) is 5.75. The maximum Gasteiger partial charge on any atom is 0.416 e. The Kier molecular flexibility index (Phi) is 6.04. The Balaban J connectivity index is 0.000000433. The number of halogens is 3. The van der Waals surface area contributed by atoms with Crippen LogP contribution < -0.4 is 4.90 Å². The summed E-state index contributed by atoms with van der Waals surface area (Å²) in [4.78, 5) is 18.0. The standard InChI is InChI=1S/C22H22F3NO.C2H3N3/c1-3-14-9-18-19(20(10-14)22(23,24)25)12-26(21(18)27)17-6-4-5-15(11-17)16-7-13(2)8-16;1-3-2-5-4-1/h4-6,9-11,13,16H,3,7-8,12H2,1-2H3;1-2H,(H,3,4,5). The third-order valence-corrected chi connectivity index (χ3v) is 6.17. The van der Waals surface area contributed by atoms with Crippen LogP contribution in [-0.2, 0) is 19.1 Å². The van der Waals surface area contributed by atoms with Gasteiger partial charge in [-0.25, -0.2) is 4.98 Å². The lowest BCUT2D eigenvalue weighted by molar-refractivity contribution is -0.138. The molecular formula is C24H25F3N4O. The van der Waals surface area contributed by atoms with Crippen molar-refractivity contribution in [3.63, 3.8) is 0 Å². The molecule has 1 saturated carbocycles. The molecule has 0 atom stereocenters. The van der Waals surface area contributed by atoms with Gasteiger partial charge in [-0.2, -0.15) is 18.3 Å². The summed E-state index contributed by atoms with van der Waals surface area (Å²) in [7, 11) is 0. The number of rotatable bonds is 3. The van der Waals surface area contributed by atoms with E-state index in [0.29, 0.717) is 29.5 Å². The number of hydrogen-bond acceptors (Lipinski definition) is 3. The van der Waals surface area contributed by atoms with E-state index in [2.05, 4.69) is 22.1 Å². The van der Waals surface area contributed by atoms with E-state index in [1.807, 2.05) is 24.3 Å². The molecule has 2 aromatic carbocycles. The monoisotopic (exact) mass is 442 g/mol. The molecular weight excluding hydrogens is 417 g/mol. The lowest BCUT2D eigenvalue weighted by Crippen LogP contribution is -2.24. The van der Waals surface area contributed by atoms with Gasteiger partial charge in [0.25, 0.3) is 5.91 Å². The summed E-state index contributed by atoms with van der Waals surface area (Å²) in [5.41, 5.74) is 1.97. The molecule has 32 heavy (non-hydrogen) atoms. The number of alkyl halides is 3. The number of anilines is 1. The molecule has 1 aliphatic carbocycles. The number of aromatic amines is 1. The smallest absolute Gasteiger partial charge is 0.304 e. The molecule has 8 heteroatoms. The van der Waals surface area contributed by atoms with Crippen LogP contribution in [0.5, 0.6) is 0 Å². The fraction of sp³-hybridized carbons (Fsp3) is 0.375. The Bertz CT molecular complexity index is 1070. The fourth-order valence-corrected chi connectivity index (χ4v) is 4.42. The summed E-state index contributed by atoms with van der Waals surface area (Å²) in [6.45, 7) is 3.98. The van der Waals surface area contributed by atoms with Crippen molar-refractivity contribution >= 4 is 11.6 Å². The van der Waals surface area contributed by atoms with Gasteiger partial charge >= 0.3 is 6.18 Å². The zero-order valence-corrected chi connectivity index (χ0v) is 18.0. The molecule has 1 aromatic heterocycles. The number of benzene rings is 2. The Labute approximate surface area is 184 Å². The van der Waals surface area contributed by atoms with Crippen LogP contribution in [0.15, 0.2) is 49.1 Å². The van der Waals surface area contributed by atoms with E-state index >= 15 is 0 Å². The third kappa shape index (κ3) is 4.40. The lowest BCUT2D eigenvalue weighted by atomic mass is 9.72. The van der Waals surface area contributed by atoms with Gasteiger partial charge < -0.3 is 4.90 Å². The highest BCUT2D eigenvalue weighted by molar-refractivity contribution is 6.10. The van der Waals surface area contributed by atoms with E-state index in [1.165, 1.54) is 29.2 Å². The van der Waals surface area contributed by atoms with Crippen molar-refractivity contribution in [3.05, 3.63) is 76.9 Å². The molecule has 5 nitrogen and oxygen atoms in total. The summed E-state index contributed by atoms with van der Waals surface area (Å²) in [6.07, 6.45) is 1.19. The van der Waals surface area contributed by atoms with Crippen molar-refractivity contribution < 1.29 is 18.0 Å². The number of amides is 1. The highest BCUT2D eigenvalue weighted by Gasteiger charge is 2.40. The average molecular weight is 442 g/mol. The van der Waals surface area contributed by atoms with Gasteiger partial charge in [-0.3, -0.25) is 9.89 Å². The zero-order valence-electron chi connectivity index (χ0n) is 18.0. The molecule has 2 aliphatic rings. The summed E-state index contributed by atoms with van der Waals surface area (Å²) in [5.74, 6) is 0.848. The van der Waals surface area contributed by atoms with Crippen LogP contribution in [0.1, 0.15) is 65.2 Å². The first-order chi connectivity index (χ1) is 15.3. The van der Waals surface area contributed by atoms with Gasteiger partial charge in [0.05, 0.1) is 12.1 Å². The summed E-state index contributed by atoms with van der Waals surface area (Å²) >= 11 is 0. The van der Waals surface area contributed by atoms with E-state index in [0.717, 1.165) is 12.8 Å². The van der Waals surface area contributed by atoms with E-state index in [9.17, 15) is 18.0 Å². The van der Waals surface area contributed by atoms with Crippen LogP contribution in [0, 0.1) is 5.92 Å². The molecule has 1 amide bonds. The number of aryl methyl sites for hydroxylation is 1. The number of nitrogens with zero attached hydrogens (tertiary/aromatic N) is 3. The Morgan fingerprint density at radius 2 is 1.97 bits per heavy atom. The predicted molar refractivity (Wildman–Crippen MR) is 115 cm³/mol. The molecule has 1 fully saturated rings. The van der Waals surface area contributed by atoms with Gasteiger partial charge in [0.2, 0.25) is 0 Å². The molecule has 168 valence electrons. The lowest BCUT2D eigenvalue weighted by Gasteiger charge is -2.33. The number of fused-ring (bicyclic) bond motifs is 1. The topological polar surface area (TPSA) is 61.9 Å². The van der Waals surface area contributed by atoms with E-state index in [4.69, 9.17) is 0 Å². The number of aromatic nitrogens is 3. The van der Waals surface area contributed by atoms with E-state index in [1.54, 1.807) is 13.0 Å². The summed E-state index contributed by atoms with van der Waals surface area (Å²) in [6, 6.07) is 10.5. The van der Waals surface area contributed by atoms with Crippen molar-refractivity contribution in [2.24, 2.45) is 5.92 Å². The molecule has 1 aliphatic heterocycles. The van der Waals surface area contributed by atoms with Crippen molar-refractivity contribution in [1.29, 1.82) is 0 Å². The van der Waals surface area contributed by atoms with Crippen molar-refractivity contribution in [2.75, 3.05) is 4.90 Å². The quantitative estimate of drug-likeness (QED) is 0.562. The van der Waals surface area contributed by atoms with E-state index < -0.39 is 11.7 Å². The van der Waals surface area contributed by atoms with E-state index in [-0.39, 0.29) is 23.6 Å². The van der Waals surface area contributed by atoms with Crippen LogP contribution in [0.3, 0.4) is 0 Å². The summed E-state index contributed by atoms with van der Waals surface area (Å²) in [5, 5.41) is 5.99. The van der Waals surface area contributed by atoms with Crippen molar-refractivity contribution in [2.45, 2.75) is 51.7 Å². The first-order valence-corrected chi connectivity index (χ1v) is 10.7. The van der Waals surface area contributed by atoms with Crippen molar-refractivity contribution in [3.8, 4) is 0 Å². The second kappa shape index (κ2) is 8.76. The van der Waals surface area contributed by atoms with Gasteiger partial charge in [-0.15, -0.1) is 0 Å². The highest BCUT2D eigenvalue weighted by Crippen LogP contribution is 2.43. The molecule has 3 aromatic rings. The zero-order chi connectivity index (χ0) is 22.9. The molecule has 0 spiro atoms. The van der Waals surface area contributed by atoms with Gasteiger partial charge in [-0.1, -0.05) is 26.0 Å². The first-order valence-electron chi connectivity index (χ1n) is 10.7. The number of hydrogen-bond donors (Lipinski definition) is 1. The van der Waals surface area contributed by atoms with Crippen LogP contribution in [0.2, 0.25) is 0 Å². The second-order valence-corrected chi connectivity index (χ2v) is 8.43. The van der Waals surface area contributed by atoms with Gasteiger partial charge in [0.1, 0.15) is 12.7 Å². The normalized spacial score (nSPS) is 19.8. The number of carbonyl (C=O) groups is 1. The average Bonchev–Trinajstić information content (AvgIpc) is 3.43. The van der Waals surface area contributed by atoms with Crippen LogP contribution >= 0.6 is 0 Å². The SMILES string of the molecule is CCc1cc2c(c(C(F)(F)F)c1)CN(c1cccc(C3CC(C)C3)c1)C2=O.c1nc[nH]n1. The molecule has 0 radical (unpaired) electrons. The number of H-pyrrole nitrogens is 1. The minimum atomic E-state index is -4.46. The minimum absolute atomic E-state index is 0.0302. The summed E-state index contributed by atoms with van der Waals surface area (Å²) < 4.78 is 40.6. The van der Waals surface area contributed by atoms with Gasteiger partial charge in [-0.05, 0) is 72.1 Å². The fourth-order valence-electron chi connectivity index (χ4n) is 4.42. The largest absolute Gasteiger partial charge is 0.416 e. The molecule has 0 saturated heterocycles. The van der Waals surface area contributed by atoms with Crippen LogP contribution in [0.4, 0.5) is 18.9 Å². The molecule has 0 bridgehead atoms. The van der Waals surface area contributed by atoms with Crippen molar-refractivity contribution in [1.82, 2.24) is 15.2 Å². The molecule has 2 heterocycles. The second-order valence-electron chi connectivity index (χ2n) is 8.43. The van der Waals surface area contributed by atoms with Crippen LogP contribution in [0.25, 0.3) is 0 Å². The molecule has 1 N–H and O–H groups in total.